The van der Waals surface area contributed by atoms with Gasteiger partial charge in [-0.1, -0.05) is 19.8 Å². The number of hydrogen-bond donors (Lipinski definition) is 2. The molecule has 0 bridgehead atoms. The number of aromatic amines is 1. The average Bonchev–Trinajstić information content (AvgIpc) is 2.92. The number of aromatic nitrogens is 2. The average molecular weight is 286 g/mol. The lowest BCUT2D eigenvalue weighted by molar-refractivity contribution is 0.127. The Bertz CT molecular complexity index is 514. The van der Waals surface area contributed by atoms with Crippen LogP contribution in [0.25, 0.3) is 0 Å². The van der Waals surface area contributed by atoms with E-state index in [0.29, 0.717) is 12.5 Å². The van der Waals surface area contributed by atoms with Crippen LogP contribution in [0.2, 0.25) is 0 Å². The fraction of sp³-hybridized carbons (Fsp3) is 0.750. The van der Waals surface area contributed by atoms with Gasteiger partial charge in [-0.2, -0.15) is 9.40 Å². The van der Waals surface area contributed by atoms with Crippen molar-refractivity contribution in [2.24, 2.45) is 11.7 Å². The zero-order valence-electron chi connectivity index (χ0n) is 11.5. The Labute approximate surface area is 114 Å². The van der Waals surface area contributed by atoms with E-state index in [4.69, 9.17) is 5.73 Å². The summed E-state index contributed by atoms with van der Waals surface area (Å²) in [6, 6.07) is 1.47. The first-order valence-corrected chi connectivity index (χ1v) is 8.05. The molecule has 0 saturated heterocycles. The van der Waals surface area contributed by atoms with Gasteiger partial charge in [-0.3, -0.25) is 5.10 Å². The van der Waals surface area contributed by atoms with Crippen LogP contribution >= 0.6 is 0 Å². The first-order valence-electron chi connectivity index (χ1n) is 6.61. The second kappa shape index (κ2) is 5.22. The number of hydrogen-bond acceptors (Lipinski definition) is 4. The molecule has 0 amide bonds. The Balaban J connectivity index is 2.33. The van der Waals surface area contributed by atoms with E-state index in [1.54, 1.807) is 7.05 Å². The standard InChI is InChI=1S/C12H22N4O2S/c1-10-4-3-6-12(8-10,9-13)16(2)19(17,18)11-5-7-14-15-11/h5,7,10H,3-4,6,8-9,13H2,1-2H3,(H,14,15). The fourth-order valence-electron chi connectivity index (χ4n) is 3.02. The second-order valence-corrected chi connectivity index (χ2v) is 7.46. The van der Waals surface area contributed by atoms with Crippen molar-refractivity contribution >= 4 is 10.0 Å². The maximum Gasteiger partial charge on any atom is 0.260 e. The van der Waals surface area contributed by atoms with Gasteiger partial charge >= 0.3 is 0 Å². The molecule has 3 N–H and O–H groups in total. The van der Waals surface area contributed by atoms with Crippen molar-refractivity contribution in [3.05, 3.63) is 12.3 Å². The normalized spacial score (nSPS) is 28.7. The van der Waals surface area contributed by atoms with E-state index in [-0.39, 0.29) is 5.03 Å². The molecule has 2 atom stereocenters. The van der Waals surface area contributed by atoms with E-state index < -0.39 is 15.6 Å². The molecule has 2 rings (SSSR count). The van der Waals surface area contributed by atoms with E-state index in [2.05, 4.69) is 17.1 Å². The highest BCUT2D eigenvalue weighted by Crippen LogP contribution is 2.37. The van der Waals surface area contributed by atoms with Crippen LogP contribution in [0.5, 0.6) is 0 Å². The number of rotatable bonds is 4. The lowest BCUT2D eigenvalue weighted by Gasteiger charge is -2.44. The minimum atomic E-state index is -3.55. The Morgan fingerprint density at radius 1 is 1.63 bits per heavy atom. The molecule has 1 aromatic heterocycles. The summed E-state index contributed by atoms with van der Waals surface area (Å²) in [6.07, 6.45) is 5.23. The van der Waals surface area contributed by atoms with Crippen LogP contribution < -0.4 is 5.73 Å². The van der Waals surface area contributed by atoms with Crippen molar-refractivity contribution in [3.63, 3.8) is 0 Å². The van der Waals surface area contributed by atoms with Gasteiger partial charge in [0.2, 0.25) is 0 Å². The van der Waals surface area contributed by atoms with Gasteiger partial charge in [0.1, 0.15) is 0 Å². The molecule has 1 saturated carbocycles. The first kappa shape index (κ1) is 14.5. The quantitative estimate of drug-likeness (QED) is 0.861. The van der Waals surface area contributed by atoms with Crippen LogP contribution in [0.1, 0.15) is 32.6 Å². The molecular weight excluding hydrogens is 264 g/mol. The summed E-state index contributed by atoms with van der Waals surface area (Å²) < 4.78 is 26.6. The van der Waals surface area contributed by atoms with E-state index >= 15 is 0 Å². The van der Waals surface area contributed by atoms with Crippen molar-refractivity contribution in [1.82, 2.24) is 14.5 Å². The molecule has 0 aliphatic heterocycles. The highest BCUT2D eigenvalue weighted by Gasteiger charge is 2.43. The fourth-order valence-corrected chi connectivity index (χ4v) is 4.47. The maximum absolute atomic E-state index is 12.6. The van der Waals surface area contributed by atoms with Crippen molar-refractivity contribution in [2.75, 3.05) is 13.6 Å². The highest BCUT2D eigenvalue weighted by atomic mass is 32.2. The maximum atomic E-state index is 12.6. The smallest absolute Gasteiger partial charge is 0.260 e. The topological polar surface area (TPSA) is 92.1 Å². The van der Waals surface area contributed by atoms with Crippen LogP contribution in [0.4, 0.5) is 0 Å². The number of likely N-dealkylation sites (N-methyl/N-ethyl adjacent to an activating group) is 1. The minimum Gasteiger partial charge on any atom is -0.329 e. The molecule has 0 spiro atoms. The number of nitrogens with one attached hydrogen (secondary N) is 1. The Morgan fingerprint density at radius 2 is 2.37 bits per heavy atom. The van der Waals surface area contributed by atoms with Gasteiger partial charge < -0.3 is 5.73 Å². The van der Waals surface area contributed by atoms with Crippen molar-refractivity contribution in [2.45, 2.75) is 43.2 Å². The summed E-state index contributed by atoms with van der Waals surface area (Å²) in [5.41, 5.74) is 5.45. The molecule has 7 heteroatoms. The molecule has 1 heterocycles. The van der Waals surface area contributed by atoms with E-state index in [1.165, 1.54) is 16.6 Å². The van der Waals surface area contributed by atoms with Crippen LogP contribution in [0, 0.1) is 5.92 Å². The lowest BCUT2D eigenvalue weighted by atomic mass is 9.76. The molecule has 1 aliphatic rings. The molecule has 2 unspecified atom stereocenters. The van der Waals surface area contributed by atoms with Crippen LogP contribution in [-0.4, -0.2) is 42.1 Å². The van der Waals surface area contributed by atoms with Crippen molar-refractivity contribution in [1.29, 1.82) is 0 Å². The molecule has 0 aromatic carbocycles. The monoisotopic (exact) mass is 286 g/mol. The summed E-state index contributed by atoms with van der Waals surface area (Å²) in [6.45, 7) is 2.50. The highest BCUT2D eigenvalue weighted by molar-refractivity contribution is 7.89. The van der Waals surface area contributed by atoms with Gasteiger partial charge in [-0.25, -0.2) is 8.42 Å². The van der Waals surface area contributed by atoms with Crippen LogP contribution in [-0.2, 0) is 10.0 Å². The molecule has 0 radical (unpaired) electrons. The predicted molar refractivity (Wildman–Crippen MR) is 73.0 cm³/mol. The van der Waals surface area contributed by atoms with Crippen LogP contribution in [0.15, 0.2) is 17.3 Å². The van der Waals surface area contributed by atoms with E-state index in [9.17, 15) is 8.42 Å². The summed E-state index contributed by atoms with van der Waals surface area (Å²) >= 11 is 0. The number of sulfonamides is 1. The molecule has 19 heavy (non-hydrogen) atoms. The number of nitrogens with two attached hydrogens (primary N) is 1. The summed E-state index contributed by atoms with van der Waals surface area (Å²) in [5.74, 6) is 0.497. The molecule has 1 aliphatic carbocycles. The van der Waals surface area contributed by atoms with Gasteiger partial charge in [-0.05, 0) is 24.8 Å². The van der Waals surface area contributed by atoms with Gasteiger partial charge in [0.15, 0.2) is 5.03 Å². The van der Waals surface area contributed by atoms with Crippen molar-refractivity contribution in [3.8, 4) is 0 Å². The third-order valence-corrected chi connectivity index (χ3v) is 6.12. The Kier molecular flexibility index (Phi) is 3.98. The Morgan fingerprint density at radius 3 is 2.89 bits per heavy atom. The van der Waals surface area contributed by atoms with Gasteiger partial charge in [0.25, 0.3) is 10.0 Å². The Hall–Kier alpha value is -0.920. The van der Waals surface area contributed by atoms with Gasteiger partial charge in [-0.15, -0.1) is 0 Å². The molecule has 108 valence electrons. The molecule has 1 fully saturated rings. The number of H-pyrrole nitrogens is 1. The first-order chi connectivity index (χ1) is 8.92. The molecule has 1 aromatic rings. The second-order valence-electron chi connectivity index (χ2n) is 5.52. The predicted octanol–water partition coefficient (Wildman–Crippen LogP) is 0.938. The largest absolute Gasteiger partial charge is 0.329 e. The lowest BCUT2D eigenvalue weighted by Crippen LogP contribution is -2.56. The third-order valence-electron chi connectivity index (χ3n) is 4.23. The molecular formula is C12H22N4O2S. The zero-order valence-corrected chi connectivity index (χ0v) is 12.3. The van der Waals surface area contributed by atoms with E-state index in [1.807, 2.05) is 0 Å². The van der Waals surface area contributed by atoms with E-state index in [0.717, 1.165) is 25.7 Å². The summed E-state index contributed by atoms with van der Waals surface area (Å²) in [4.78, 5) is 0. The minimum absolute atomic E-state index is 0.126. The third kappa shape index (κ3) is 2.54. The van der Waals surface area contributed by atoms with Crippen LogP contribution in [0.3, 0.4) is 0 Å². The van der Waals surface area contributed by atoms with Crippen molar-refractivity contribution < 1.29 is 8.42 Å². The number of nitrogens with zero attached hydrogens (tertiary/aromatic N) is 2. The summed E-state index contributed by atoms with van der Waals surface area (Å²) in [7, 11) is -1.93. The zero-order chi connectivity index (χ0) is 14.1. The van der Waals surface area contributed by atoms with Gasteiger partial charge in [0, 0.05) is 19.1 Å². The van der Waals surface area contributed by atoms with Gasteiger partial charge in [0.05, 0.1) is 6.20 Å². The SMILES string of the molecule is CC1CCCC(CN)(N(C)S(=O)(=O)c2ccn[nH]2)C1. The molecule has 6 nitrogen and oxygen atoms in total. The summed E-state index contributed by atoms with van der Waals surface area (Å²) in [5, 5.41) is 6.37.